The summed E-state index contributed by atoms with van der Waals surface area (Å²) in [5.41, 5.74) is 0.834. The van der Waals surface area contributed by atoms with Gasteiger partial charge >= 0.3 is 0 Å². The molecule has 1 aliphatic rings. The van der Waals surface area contributed by atoms with E-state index in [1.165, 1.54) is 12.8 Å². The minimum absolute atomic E-state index is 0.131. The van der Waals surface area contributed by atoms with Gasteiger partial charge in [0.25, 0.3) is 0 Å². The molecule has 0 aromatic carbocycles. The van der Waals surface area contributed by atoms with Crippen LogP contribution in [0.5, 0.6) is 0 Å². The molecule has 1 saturated carbocycles. The van der Waals surface area contributed by atoms with Crippen LogP contribution in [0.2, 0.25) is 0 Å². The maximum atomic E-state index is 12.1. The van der Waals surface area contributed by atoms with Gasteiger partial charge in [-0.3, -0.25) is 9.48 Å². The van der Waals surface area contributed by atoms with E-state index >= 15 is 0 Å². The van der Waals surface area contributed by atoms with Crippen LogP contribution in [-0.2, 0) is 11.3 Å². The van der Waals surface area contributed by atoms with Gasteiger partial charge in [0, 0.05) is 18.7 Å². The van der Waals surface area contributed by atoms with Gasteiger partial charge < -0.3 is 5.32 Å². The highest BCUT2D eigenvalue weighted by Gasteiger charge is 2.22. The Hall–Kier alpha value is -1.32. The largest absolute Gasteiger partial charge is 0.323 e. The van der Waals surface area contributed by atoms with E-state index in [0.717, 1.165) is 43.8 Å². The second-order valence-corrected chi connectivity index (χ2v) is 5.63. The highest BCUT2D eigenvalue weighted by molar-refractivity contribution is 5.92. The summed E-state index contributed by atoms with van der Waals surface area (Å²) in [7, 11) is 0. The van der Waals surface area contributed by atoms with Crippen molar-refractivity contribution >= 4 is 11.6 Å². The van der Waals surface area contributed by atoms with Gasteiger partial charge in [-0.25, -0.2) is 0 Å². The number of nitrogens with one attached hydrogen (secondary N) is 1. The smallest absolute Gasteiger partial charge is 0.227 e. The first-order chi connectivity index (χ1) is 9.22. The summed E-state index contributed by atoms with van der Waals surface area (Å²) < 4.78 is 1.94. The lowest BCUT2D eigenvalue weighted by molar-refractivity contribution is -0.120. The molecule has 0 bridgehead atoms. The summed E-state index contributed by atoms with van der Waals surface area (Å²) in [4.78, 5) is 12.1. The first kappa shape index (κ1) is 14.1. The highest BCUT2D eigenvalue weighted by Crippen LogP contribution is 2.30. The average molecular weight is 263 g/mol. The Labute approximate surface area is 115 Å². The molecule has 4 heteroatoms. The molecule has 1 N–H and O–H groups in total. The van der Waals surface area contributed by atoms with Crippen molar-refractivity contribution in [2.45, 2.75) is 58.9 Å². The molecule has 1 aliphatic carbocycles. The summed E-state index contributed by atoms with van der Waals surface area (Å²) in [6.45, 7) is 5.23. The first-order valence-electron chi connectivity index (χ1n) is 7.56. The van der Waals surface area contributed by atoms with E-state index in [-0.39, 0.29) is 11.8 Å². The van der Waals surface area contributed by atoms with Gasteiger partial charge in [0.15, 0.2) is 0 Å². The summed E-state index contributed by atoms with van der Waals surface area (Å²) >= 11 is 0. The van der Waals surface area contributed by atoms with E-state index in [1.807, 2.05) is 10.9 Å². The van der Waals surface area contributed by atoms with Gasteiger partial charge in [0.05, 0.1) is 11.9 Å². The molecule has 1 unspecified atom stereocenters. The van der Waals surface area contributed by atoms with Crippen LogP contribution < -0.4 is 5.32 Å². The van der Waals surface area contributed by atoms with Gasteiger partial charge in [0.2, 0.25) is 5.91 Å². The van der Waals surface area contributed by atoms with Crippen molar-refractivity contribution in [3.63, 3.8) is 0 Å². The van der Waals surface area contributed by atoms with Crippen LogP contribution >= 0.6 is 0 Å². The molecular weight excluding hydrogens is 238 g/mol. The molecule has 1 fully saturated rings. The van der Waals surface area contributed by atoms with Gasteiger partial charge in [0.1, 0.15) is 0 Å². The molecule has 106 valence electrons. The monoisotopic (exact) mass is 263 g/mol. The van der Waals surface area contributed by atoms with Crippen LogP contribution in [0.25, 0.3) is 0 Å². The number of anilines is 1. The number of hydrogen-bond donors (Lipinski definition) is 1. The van der Waals surface area contributed by atoms with Gasteiger partial charge in [-0.05, 0) is 31.6 Å². The standard InChI is InChI=1S/C15H25N3O/c1-3-5-6-13(4-2)15(19)17-14-9-16-18(11-14)10-12-7-8-12/h9,11-13H,3-8,10H2,1-2H3,(H,17,19). The summed E-state index contributed by atoms with van der Waals surface area (Å²) in [5.74, 6) is 1.07. The number of carbonyl (C=O) groups excluding carboxylic acids is 1. The van der Waals surface area contributed by atoms with Gasteiger partial charge in [-0.15, -0.1) is 0 Å². The van der Waals surface area contributed by atoms with E-state index in [1.54, 1.807) is 6.20 Å². The zero-order chi connectivity index (χ0) is 13.7. The van der Waals surface area contributed by atoms with E-state index in [0.29, 0.717) is 0 Å². The number of rotatable bonds is 8. The number of amides is 1. The van der Waals surface area contributed by atoms with Crippen molar-refractivity contribution in [3.05, 3.63) is 12.4 Å². The second kappa shape index (κ2) is 6.73. The van der Waals surface area contributed by atoms with Crippen LogP contribution in [0.4, 0.5) is 5.69 Å². The van der Waals surface area contributed by atoms with Crippen molar-refractivity contribution in [3.8, 4) is 0 Å². The Morgan fingerprint density at radius 1 is 1.53 bits per heavy atom. The zero-order valence-electron chi connectivity index (χ0n) is 12.1. The molecule has 0 spiro atoms. The Kier molecular flexibility index (Phi) is 5.00. The molecule has 0 aliphatic heterocycles. The number of aromatic nitrogens is 2. The van der Waals surface area contributed by atoms with E-state index < -0.39 is 0 Å². The van der Waals surface area contributed by atoms with E-state index in [9.17, 15) is 4.79 Å². The fraction of sp³-hybridized carbons (Fsp3) is 0.733. The highest BCUT2D eigenvalue weighted by atomic mass is 16.1. The topological polar surface area (TPSA) is 46.9 Å². The van der Waals surface area contributed by atoms with E-state index in [4.69, 9.17) is 0 Å². The molecule has 1 aromatic heterocycles. The Bertz CT molecular complexity index is 409. The molecule has 1 amide bonds. The number of hydrogen-bond acceptors (Lipinski definition) is 2. The van der Waals surface area contributed by atoms with Crippen LogP contribution in [0.3, 0.4) is 0 Å². The lowest BCUT2D eigenvalue weighted by atomic mass is 9.98. The number of carbonyl (C=O) groups is 1. The SMILES string of the molecule is CCCCC(CC)C(=O)Nc1cnn(CC2CC2)c1. The third kappa shape index (κ3) is 4.37. The fourth-order valence-corrected chi connectivity index (χ4v) is 2.31. The molecule has 1 heterocycles. The molecule has 1 aromatic rings. The van der Waals surface area contributed by atoms with Gasteiger partial charge in [-0.2, -0.15) is 5.10 Å². The lowest BCUT2D eigenvalue weighted by Gasteiger charge is -2.13. The normalized spacial score (nSPS) is 16.3. The molecule has 2 rings (SSSR count). The Morgan fingerprint density at radius 3 is 2.95 bits per heavy atom. The van der Waals surface area contributed by atoms with Gasteiger partial charge in [-0.1, -0.05) is 26.7 Å². The van der Waals surface area contributed by atoms with Crippen LogP contribution in [0.1, 0.15) is 52.4 Å². The third-order valence-electron chi connectivity index (χ3n) is 3.81. The summed E-state index contributed by atoms with van der Waals surface area (Å²) in [6, 6.07) is 0. The minimum Gasteiger partial charge on any atom is -0.323 e. The number of nitrogens with zero attached hydrogens (tertiary/aromatic N) is 2. The van der Waals surface area contributed by atoms with Crippen molar-refractivity contribution in [1.29, 1.82) is 0 Å². The summed E-state index contributed by atoms with van der Waals surface area (Å²) in [5, 5.41) is 7.29. The Morgan fingerprint density at radius 2 is 2.32 bits per heavy atom. The predicted octanol–water partition coefficient (Wildman–Crippen LogP) is 3.45. The molecule has 1 atom stereocenters. The molecular formula is C15H25N3O. The third-order valence-corrected chi connectivity index (χ3v) is 3.81. The fourth-order valence-electron chi connectivity index (χ4n) is 2.31. The van der Waals surface area contributed by atoms with E-state index in [2.05, 4.69) is 24.3 Å². The minimum atomic E-state index is 0.131. The van der Waals surface area contributed by atoms with Crippen LogP contribution in [-0.4, -0.2) is 15.7 Å². The number of unbranched alkanes of at least 4 members (excludes halogenated alkanes) is 1. The molecule has 4 nitrogen and oxygen atoms in total. The molecule has 0 saturated heterocycles. The molecule has 19 heavy (non-hydrogen) atoms. The van der Waals surface area contributed by atoms with Crippen molar-refractivity contribution in [2.24, 2.45) is 11.8 Å². The first-order valence-corrected chi connectivity index (χ1v) is 7.56. The average Bonchev–Trinajstić information content (AvgIpc) is 3.10. The lowest BCUT2D eigenvalue weighted by Crippen LogP contribution is -2.22. The van der Waals surface area contributed by atoms with Crippen molar-refractivity contribution < 1.29 is 4.79 Å². The maximum absolute atomic E-state index is 12.1. The summed E-state index contributed by atoms with van der Waals surface area (Å²) in [6.07, 6.45) is 10.5. The predicted molar refractivity (Wildman–Crippen MR) is 76.9 cm³/mol. The Balaban J connectivity index is 1.83. The van der Waals surface area contributed by atoms with Crippen molar-refractivity contribution in [2.75, 3.05) is 5.32 Å². The van der Waals surface area contributed by atoms with Crippen LogP contribution in [0, 0.1) is 11.8 Å². The second-order valence-electron chi connectivity index (χ2n) is 5.63. The maximum Gasteiger partial charge on any atom is 0.227 e. The van der Waals surface area contributed by atoms with Crippen LogP contribution in [0.15, 0.2) is 12.4 Å². The quantitative estimate of drug-likeness (QED) is 0.781. The molecule has 0 radical (unpaired) electrons. The van der Waals surface area contributed by atoms with Crippen molar-refractivity contribution in [1.82, 2.24) is 9.78 Å². The zero-order valence-corrected chi connectivity index (χ0v) is 12.1.